The minimum absolute atomic E-state index is 0.350. The highest BCUT2D eigenvalue weighted by Crippen LogP contribution is 2.49. The Bertz CT molecular complexity index is 286. The lowest BCUT2D eigenvalue weighted by atomic mass is 9.87. The predicted molar refractivity (Wildman–Crippen MR) is 64.4 cm³/mol. The van der Waals surface area contributed by atoms with E-state index >= 15 is 0 Å². The summed E-state index contributed by atoms with van der Waals surface area (Å²) in [7, 11) is 0. The van der Waals surface area contributed by atoms with Gasteiger partial charge in [-0.2, -0.15) is 0 Å². The van der Waals surface area contributed by atoms with Crippen LogP contribution >= 0.6 is 11.6 Å². The molecule has 2 bridgehead atoms. The van der Waals surface area contributed by atoms with Crippen LogP contribution in [0.4, 0.5) is 0 Å². The molecule has 0 aliphatic heterocycles. The summed E-state index contributed by atoms with van der Waals surface area (Å²) >= 11 is 5.80. The Morgan fingerprint density at radius 1 is 1.19 bits per heavy atom. The number of nitrogens with zero attached hydrogens (tertiary/aromatic N) is 1. The fourth-order valence-corrected chi connectivity index (χ4v) is 3.89. The summed E-state index contributed by atoms with van der Waals surface area (Å²) in [5, 5.41) is 0. The van der Waals surface area contributed by atoms with Gasteiger partial charge in [-0.15, -0.1) is 11.6 Å². The van der Waals surface area contributed by atoms with Gasteiger partial charge in [-0.3, -0.25) is 4.79 Å². The number of halogens is 1. The van der Waals surface area contributed by atoms with E-state index in [2.05, 4.69) is 4.90 Å². The highest BCUT2D eigenvalue weighted by atomic mass is 35.5. The Balaban J connectivity index is 1.66. The molecule has 3 aliphatic carbocycles. The number of hydrogen-bond acceptors (Lipinski definition) is 1. The van der Waals surface area contributed by atoms with Crippen molar-refractivity contribution in [2.24, 2.45) is 17.8 Å². The van der Waals surface area contributed by atoms with Crippen molar-refractivity contribution in [1.29, 1.82) is 0 Å². The van der Waals surface area contributed by atoms with E-state index in [4.69, 9.17) is 11.6 Å². The number of hydrogen-bond donors (Lipinski definition) is 0. The Labute approximate surface area is 102 Å². The maximum absolute atomic E-state index is 12.5. The summed E-state index contributed by atoms with van der Waals surface area (Å²) in [4.78, 5) is 14.6. The molecule has 0 aromatic rings. The highest BCUT2D eigenvalue weighted by molar-refractivity contribution is 6.18. The molecule has 3 rings (SSSR count). The van der Waals surface area contributed by atoms with E-state index in [0.717, 1.165) is 18.9 Å². The minimum Gasteiger partial charge on any atom is -0.338 e. The molecule has 2 nitrogen and oxygen atoms in total. The van der Waals surface area contributed by atoms with Crippen molar-refractivity contribution in [3.63, 3.8) is 0 Å². The normalized spacial score (nSPS) is 36.7. The number of carbonyl (C=O) groups excluding carboxylic acids is 1. The molecule has 3 fully saturated rings. The van der Waals surface area contributed by atoms with E-state index in [-0.39, 0.29) is 0 Å². The molecule has 3 atom stereocenters. The predicted octanol–water partition coefficient (Wildman–Crippen LogP) is 2.65. The first-order valence-corrected chi connectivity index (χ1v) is 7.19. The maximum atomic E-state index is 12.5. The van der Waals surface area contributed by atoms with E-state index in [0.29, 0.717) is 29.7 Å². The molecule has 0 saturated heterocycles. The first-order valence-electron chi connectivity index (χ1n) is 6.66. The second-order valence-corrected chi connectivity index (χ2v) is 6.11. The molecule has 3 saturated carbocycles. The summed E-state index contributed by atoms with van der Waals surface area (Å²) in [5.74, 6) is 2.92. The van der Waals surface area contributed by atoms with Gasteiger partial charge < -0.3 is 4.90 Å². The number of fused-ring (bicyclic) bond motifs is 2. The lowest BCUT2D eigenvalue weighted by Crippen LogP contribution is -2.40. The van der Waals surface area contributed by atoms with Crippen molar-refractivity contribution < 1.29 is 4.79 Å². The third-order valence-electron chi connectivity index (χ3n) is 4.65. The molecule has 90 valence electrons. The molecule has 16 heavy (non-hydrogen) atoms. The first-order chi connectivity index (χ1) is 7.79. The first kappa shape index (κ1) is 10.9. The van der Waals surface area contributed by atoms with Gasteiger partial charge in [-0.25, -0.2) is 0 Å². The van der Waals surface area contributed by atoms with Crippen LogP contribution in [0.5, 0.6) is 0 Å². The van der Waals surface area contributed by atoms with Crippen LogP contribution in [-0.2, 0) is 4.79 Å². The van der Waals surface area contributed by atoms with Crippen LogP contribution < -0.4 is 0 Å². The van der Waals surface area contributed by atoms with Crippen molar-refractivity contribution in [2.45, 2.75) is 44.6 Å². The van der Waals surface area contributed by atoms with Gasteiger partial charge in [0, 0.05) is 24.4 Å². The third kappa shape index (κ3) is 1.85. The smallest absolute Gasteiger partial charge is 0.226 e. The van der Waals surface area contributed by atoms with Crippen LogP contribution in [0.1, 0.15) is 38.5 Å². The number of rotatable bonds is 4. The SMILES string of the molecule is O=C(C1CC2CCC1C2)N(CCCl)C1CC1. The molecule has 0 aromatic carbocycles. The maximum Gasteiger partial charge on any atom is 0.226 e. The molecular formula is C13H20ClNO. The second-order valence-electron chi connectivity index (χ2n) is 5.73. The summed E-state index contributed by atoms with van der Waals surface area (Å²) in [6.07, 6.45) is 7.53. The molecule has 3 heteroatoms. The Morgan fingerprint density at radius 2 is 2.00 bits per heavy atom. The third-order valence-corrected chi connectivity index (χ3v) is 4.82. The van der Waals surface area contributed by atoms with E-state index in [1.165, 1.54) is 32.1 Å². The standard InChI is InChI=1S/C13H20ClNO/c14-5-6-15(11-3-4-11)13(16)12-8-9-1-2-10(12)7-9/h9-12H,1-8H2. The number of carbonyl (C=O) groups is 1. The summed E-state index contributed by atoms with van der Waals surface area (Å²) < 4.78 is 0. The van der Waals surface area contributed by atoms with Gasteiger partial charge in [-0.05, 0) is 43.9 Å². The number of alkyl halides is 1. The molecule has 3 aliphatic rings. The summed E-state index contributed by atoms with van der Waals surface area (Å²) in [5.41, 5.74) is 0. The van der Waals surface area contributed by atoms with E-state index in [1.54, 1.807) is 0 Å². The fraction of sp³-hybridized carbons (Fsp3) is 0.923. The van der Waals surface area contributed by atoms with Crippen LogP contribution in [-0.4, -0.2) is 29.3 Å². The molecular weight excluding hydrogens is 222 g/mol. The van der Waals surface area contributed by atoms with Crippen LogP contribution in [0.2, 0.25) is 0 Å². The van der Waals surface area contributed by atoms with Crippen molar-refractivity contribution in [2.75, 3.05) is 12.4 Å². The van der Waals surface area contributed by atoms with Crippen molar-refractivity contribution in [1.82, 2.24) is 4.90 Å². The molecule has 0 spiro atoms. The summed E-state index contributed by atoms with van der Waals surface area (Å²) in [6, 6.07) is 0.533. The monoisotopic (exact) mass is 241 g/mol. The van der Waals surface area contributed by atoms with Gasteiger partial charge in [-0.1, -0.05) is 6.42 Å². The van der Waals surface area contributed by atoms with E-state index in [1.807, 2.05) is 0 Å². The van der Waals surface area contributed by atoms with E-state index < -0.39 is 0 Å². The van der Waals surface area contributed by atoms with Crippen molar-refractivity contribution in [3.8, 4) is 0 Å². The van der Waals surface area contributed by atoms with Crippen LogP contribution in [0.3, 0.4) is 0 Å². The van der Waals surface area contributed by atoms with E-state index in [9.17, 15) is 4.79 Å². The van der Waals surface area contributed by atoms with Crippen molar-refractivity contribution in [3.05, 3.63) is 0 Å². The van der Waals surface area contributed by atoms with Gasteiger partial charge in [0.15, 0.2) is 0 Å². The van der Waals surface area contributed by atoms with Crippen LogP contribution in [0, 0.1) is 17.8 Å². The number of amides is 1. The van der Waals surface area contributed by atoms with Gasteiger partial charge in [0.2, 0.25) is 5.91 Å². The Morgan fingerprint density at radius 3 is 2.50 bits per heavy atom. The lowest BCUT2D eigenvalue weighted by Gasteiger charge is -2.29. The zero-order valence-electron chi connectivity index (χ0n) is 9.70. The zero-order valence-corrected chi connectivity index (χ0v) is 10.5. The van der Waals surface area contributed by atoms with Gasteiger partial charge in [0.05, 0.1) is 0 Å². The van der Waals surface area contributed by atoms with Crippen LogP contribution in [0.15, 0.2) is 0 Å². The largest absolute Gasteiger partial charge is 0.338 e. The molecule has 1 amide bonds. The summed E-state index contributed by atoms with van der Waals surface area (Å²) in [6.45, 7) is 0.763. The minimum atomic E-state index is 0.350. The average Bonchev–Trinajstić information content (AvgIpc) is 2.91. The fourth-order valence-electron chi connectivity index (χ4n) is 3.71. The molecule has 0 aromatic heterocycles. The molecule has 0 heterocycles. The Hall–Kier alpha value is -0.240. The molecule has 3 unspecified atom stereocenters. The molecule has 0 N–H and O–H groups in total. The second kappa shape index (κ2) is 4.21. The van der Waals surface area contributed by atoms with Crippen molar-refractivity contribution >= 4 is 17.5 Å². The lowest BCUT2D eigenvalue weighted by molar-refractivity contribution is -0.137. The average molecular weight is 242 g/mol. The zero-order chi connectivity index (χ0) is 11.1. The topological polar surface area (TPSA) is 20.3 Å². The van der Waals surface area contributed by atoms with Gasteiger partial charge in [0.1, 0.15) is 0 Å². The quantitative estimate of drug-likeness (QED) is 0.693. The van der Waals surface area contributed by atoms with Crippen LogP contribution in [0.25, 0.3) is 0 Å². The Kier molecular flexibility index (Phi) is 2.87. The van der Waals surface area contributed by atoms with Gasteiger partial charge >= 0.3 is 0 Å². The molecule has 0 radical (unpaired) electrons. The van der Waals surface area contributed by atoms with Gasteiger partial charge in [0.25, 0.3) is 0 Å². The highest BCUT2D eigenvalue weighted by Gasteiger charge is 2.46.